The van der Waals surface area contributed by atoms with Gasteiger partial charge in [-0.1, -0.05) is 24.3 Å². The van der Waals surface area contributed by atoms with Crippen molar-refractivity contribution in [2.24, 2.45) is 0 Å². The lowest BCUT2D eigenvalue weighted by Gasteiger charge is -2.13. The second-order valence-electron chi connectivity index (χ2n) is 6.71. The van der Waals surface area contributed by atoms with Crippen LogP contribution in [0.15, 0.2) is 66.3 Å². The quantitative estimate of drug-likeness (QED) is 0.513. The molecule has 4 aromatic rings. The lowest BCUT2D eigenvalue weighted by atomic mass is 10.00. The molecule has 1 amide bonds. The molecule has 1 aromatic carbocycles. The Balaban J connectivity index is 1.65. The van der Waals surface area contributed by atoms with Gasteiger partial charge in [-0.05, 0) is 59.7 Å². The number of carbonyl (C=O) groups is 1. The Kier molecular flexibility index (Phi) is 4.22. The van der Waals surface area contributed by atoms with Crippen molar-refractivity contribution >= 4 is 45.5 Å². The number of benzene rings is 1. The highest BCUT2D eigenvalue weighted by molar-refractivity contribution is 7.10. The van der Waals surface area contributed by atoms with Crippen LogP contribution in [0, 0.1) is 0 Å². The number of allylic oxidation sites excluding steroid dienone is 1. The largest absolute Gasteiger partial charge is 0.322 e. The second kappa shape index (κ2) is 7.02. The molecule has 4 nitrogen and oxygen atoms in total. The number of para-hydroxylation sites is 1. The van der Waals surface area contributed by atoms with Crippen LogP contribution in [0.25, 0.3) is 22.6 Å². The Morgan fingerprint density at radius 3 is 2.71 bits per heavy atom. The van der Waals surface area contributed by atoms with Crippen molar-refractivity contribution in [3.63, 3.8) is 0 Å². The SMILES string of the molecule is O=C(Nc1ccncc1)c1c2c(nc3ccccc13)/C(=C/c1cccs1)CC2. The normalized spacial score (nSPS) is 14.4. The summed E-state index contributed by atoms with van der Waals surface area (Å²) >= 11 is 1.71. The van der Waals surface area contributed by atoms with Crippen molar-refractivity contribution in [1.82, 2.24) is 9.97 Å². The van der Waals surface area contributed by atoms with Crippen molar-refractivity contribution in [3.8, 4) is 0 Å². The molecule has 3 aromatic heterocycles. The van der Waals surface area contributed by atoms with Crippen LogP contribution in [-0.2, 0) is 6.42 Å². The predicted octanol–water partition coefficient (Wildman–Crippen LogP) is 5.43. The molecule has 0 bridgehead atoms. The van der Waals surface area contributed by atoms with Crippen LogP contribution in [0.1, 0.15) is 32.9 Å². The molecule has 3 heterocycles. The van der Waals surface area contributed by atoms with Gasteiger partial charge in [0.25, 0.3) is 5.91 Å². The highest BCUT2D eigenvalue weighted by Crippen LogP contribution is 2.38. The first-order valence-corrected chi connectivity index (χ1v) is 10.0. The smallest absolute Gasteiger partial charge is 0.256 e. The molecule has 0 atom stereocenters. The third-order valence-electron chi connectivity index (χ3n) is 4.97. The monoisotopic (exact) mass is 383 g/mol. The van der Waals surface area contributed by atoms with Gasteiger partial charge in [-0.3, -0.25) is 9.78 Å². The van der Waals surface area contributed by atoms with E-state index in [0.29, 0.717) is 0 Å². The number of hydrogen-bond donors (Lipinski definition) is 1. The Hall–Kier alpha value is -3.31. The Bertz CT molecular complexity index is 1200. The zero-order chi connectivity index (χ0) is 18.9. The molecule has 0 aliphatic heterocycles. The van der Waals surface area contributed by atoms with Gasteiger partial charge < -0.3 is 5.32 Å². The zero-order valence-electron chi connectivity index (χ0n) is 15.1. The minimum atomic E-state index is -0.0987. The fourth-order valence-corrected chi connectivity index (χ4v) is 4.39. The van der Waals surface area contributed by atoms with Crippen molar-refractivity contribution < 1.29 is 4.79 Å². The van der Waals surface area contributed by atoms with Crippen molar-refractivity contribution in [2.75, 3.05) is 5.32 Å². The van der Waals surface area contributed by atoms with E-state index >= 15 is 0 Å². The van der Waals surface area contributed by atoms with Crippen LogP contribution in [0.5, 0.6) is 0 Å². The number of aromatic nitrogens is 2. The summed E-state index contributed by atoms with van der Waals surface area (Å²) in [6, 6.07) is 15.6. The van der Waals surface area contributed by atoms with Gasteiger partial charge in [0.2, 0.25) is 0 Å². The minimum Gasteiger partial charge on any atom is -0.322 e. The summed E-state index contributed by atoms with van der Waals surface area (Å²) < 4.78 is 0. The number of anilines is 1. The number of carbonyl (C=O) groups excluding carboxylic acids is 1. The maximum Gasteiger partial charge on any atom is 0.256 e. The summed E-state index contributed by atoms with van der Waals surface area (Å²) in [5, 5.41) is 5.98. The molecule has 5 heteroatoms. The summed E-state index contributed by atoms with van der Waals surface area (Å²) in [5.74, 6) is -0.0987. The van der Waals surface area contributed by atoms with E-state index in [1.807, 2.05) is 30.3 Å². The first-order chi connectivity index (χ1) is 13.8. The fraction of sp³-hybridized carbons (Fsp3) is 0.0870. The summed E-state index contributed by atoms with van der Waals surface area (Å²) in [6.45, 7) is 0. The lowest BCUT2D eigenvalue weighted by molar-refractivity contribution is 0.102. The number of nitrogens with zero attached hydrogens (tertiary/aromatic N) is 2. The average molecular weight is 383 g/mol. The van der Waals surface area contributed by atoms with Crippen LogP contribution in [0.4, 0.5) is 5.69 Å². The minimum absolute atomic E-state index is 0.0987. The summed E-state index contributed by atoms with van der Waals surface area (Å²) in [7, 11) is 0. The molecule has 1 aliphatic carbocycles. The number of rotatable bonds is 3. The molecule has 1 N–H and O–H groups in total. The van der Waals surface area contributed by atoms with Crippen LogP contribution in [-0.4, -0.2) is 15.9 Å². The first kappa shape index (κ1) is 16.8. The third kappa shape index (κ3) is 3.00. The number of fused-ring (bicyclic) bond motifs is 2. The van der Waals surface area contributed by atoms with Gasteiger partial charge in [0.15, 0.2) is 0 Å². The van der Waals surface area contributed by atoms with Crippen LogP contribution < -0.4 is 5.32 Å². The topological polar surface area (TPSA) is 54.9 Å². The zero-order valence-corrected chi connectivity index (χ0v) is 15.9. The maximum atomic E-state index is 13.2. The van der Waals surface area contributed by atoms with Gasteiger partial charge in [0, 0.05) is 28.3 Å². The van der Waals surface area contributed by atoms with Gasteiger partial charge in [0.05, 0.1) is 16.8 Å². The van der Waals surface area contributed by atoms with Crippen LogP contribution >= 0.6 is 11.3 Å². The highest BCUT2D eigenvalue weighted by atomic mass is 32.1. The predicted molar refractivity (Wildman–Crippen MR) is 114 cm³/mol. The number of amides is 1. The first-order valence-electron chi connectivity index (χ1n) is 9.17. The van der Waals surface area contributed by atoms with Crippen molar-refractivity contribution in [3.05, 3.63) is 88.0 Å². The Morgan fingerprint density at radius 2 is 1.89 bits per heavy atom. The lowest BCUT2D eigenvalue weighted by Crippen LogP contribution is -2.15. The molecular formula is C23H17N3OS. The molecule has 28 heavy (non-hydrogen) atoms. The summed E-state index contributed by atoms with van der Waals surface area (Å²) in [5.41, 5.74) is 5.50. The van der Waals surface area contributed by atoms with E-state index in [2.05, 4.69) is 27.8 Å². The molecule has 136 valence electrons. The standard InChI is InChI=1S/C23H17N3OS/c27-23(25-16-9-11-24-12-10-16)21-18-5-1-2-6-20(18)26-22-15(7-8-19(21)22)14-17-4-3-13-28-17/h1-6,9-14H,7-8H2,(H,24,25,27)/b15-14+. The van der Waals surface area contributed by atoms with Crippen LogP contribution in [0.3, 0.4) is 0 Å². The molecule has 0 fully saturated rings. The number of hydrogen-bond acceptors (Lipinski definition) is 4. The molecule has 0 saturated heterocycles. The van der Waals surface area contributed by atoms with Gasteiger partial charge in [-0.15, -0.1) is 11.3 Å². The van der Waals surface area contributed by atoms with Gasteiger partial charge >= 0.3 is 0 Å². The van der Waals surface area contributed by atoms with Gasteiger partial charge in [-0.25, -0.2) is 4.98 Å². The summed E-state index contributed by atoms with van der Waals surface area (Å²) in [4.78, 5) is 23.4. The van der Waals surface area contributed by atoms with E-state index < -0.39 is 0 Å². The maximum absolute atomic E-state index is 13.2. The van der Waals surface area contributed by atoms with E-state index in [4.69, 9.17) is 4.98 Å². The van der Waals surface area contributed by atoms with E-state index in [1.54, 1.807) is 35.9 Å². The van der Waals surface area contributed by atoms with Crippen molar-refractivity contribution in [1.29, 1.82) is 0 Å². The summed E-state index contributed by atoms with van der Waals surface area (Å²) in [6.07, 6.45) is 7.26. The van der Waals surface area contributed by atoms with Crippen molar-refractivity contribution in [2.45, 2.75) is 12.8 Å². The number of nitrogens with one attached hydrogen (secondary N) is 1. The highest BCUT2D eigenvalue weighted by Gasteiger charge is 2.26. The molecule has 5 rings (SSSR count). The number of pyridine rings is 2. The van der Waals surface area contributed by atoms with Gasteiger partial charge in [0.1, 0.15) is 0 Å². The van der Waals surface area contributed by atoms with E-state index in [1.165, 1.54) is 10.5 Å². The average Bonchev–Trinajstić information content (AvgIpc) is 3.37. The fourth-order valence-electron chi connectivity index (χ4n) is 3.71. The number of thiophene rings is 1. The Morgan fingerprint density at radius 1 is 1.04 bits per heavy atom. The van der Waals surface area contributed by atoms with E-state index in [0.717, 1.165) is 46.3 Å². The van der Waals surface area contributed by atoms with E-state index in [-0.39, 0.29) is 5.91 Å². The van der Waals surface area contributed by atoms with Gasteiger partial charge in [-0.2, -0.15) is 0 Å². The second-order valence-corrected chi connectivity index (χ2v) is 7.69. The molecule has 0 saturated carbocycles. The molecular weight excluding hydrogens is 366 g/mol. The Labute approximate surface area is 166 Å². The van der Waals surface area contributed by atoms with Crippen LogP contribution in [0.2, 0.25) is 0 Å². The molecule has 0 spiro atoms. The molecule has 0 unspecified atom stereocenters. The van der Waals surface area contributed by atoms with E-state index in [9.17, 15) is 4.79 Å². The molecule has 0 radical (unpaired) electrons. The molecule has 1 aliphatic rings. The third-order valence-corrected chi connectivity index (χ3v) is 5.79.